The van der Waals surface area contributed by atoms with E-state index in [9.17, 15) is 18.4 Å². The molecule has 2 aromatic carbocycles. The molecule has 0 aliphatic carbocycles. The van der Waals surface area contributed by atoms with Crippen molar-refractivity contribution in [1.29, 1.82) is 0 Å². The van der Waals surface area contributed by atoms with Gasteiger partial charge < -0.3 is 15.4 Å². The number of carbonyl (C=O) groups is 2. The average molecular weight is 445 g/mol. The second-order valence-electron chi connectivity index (χ2n) is 8.25. The Balaban J connectivity index is 1.27. The van der Waals surface area contributed by atoms with Crippen LogP contribution in [0.3, 0.4) is 0 Å². The van der Waals surface area contributed by atoms with Gasteiger partial charge in [-0.1, -0.05) is 0 Å². The summed E-state index contributed by atoms with van der Waals surface area (Å²) in [6, 6.07) is 12.1. The molecule has 6 rings (SSSR count). The summed E-state index contributed by atoms with van der Waals surface area (Å²) in [5.41, 5.74) is 4.73. The number of pyridine rings is 1. The number of aryl methyl sites for hydroxylation is 1. The normalized spacial score (nSPS) is 20.1. The molecule has 2 N–H and O–H groups in total. The van der Waals surface area contributed by atoms with E-state index >= 15 is 0 Å². The summed E-state index contributed by atoms with van der Waals surface area (Å²) in [7, 11) is 0. The van der Waals surface area contributed by atoms with Crippen molar-refractivity contribution in [3.8, 4) is 0 Å². The molecular weight excluding hydrogens is 428 g/mol. The minimum absolute atomic E-state index is 0.148. The molecule has 2 amide bonds. The maximum absolute atomic E-state index is 13.8. The van der Waals surface area contributed by atoms with Crippen LogP contribution in [-0.4, -0.2) is 16.8 Å². The molecule has 3 aliphatic rings. The molecule has 1 unspecified atom stereocenters. The highest BCUT2D eigenvalue weighted by molar-refractivity contribution is 6.36. The topological polar surface area (TPSA) is 80.3 Å². The van der Waals surface area contributed by atoms with Crippen LogP contribution in [0, 0.1) is 11.6 Å². The maximum atomic E-state index is 13.8. The van der Waals surface area contributed by atoms with Gasteiger partial charge in [-0.05, 0) is 66.9 Å². The number of anilines is 2. The fourth-order valence-corrected chi connectivity index (χ4v) is 4.67. The van der Waals surface area contributed by atoms with Crippen LogP contribution in [-0.2, 0) is 27.4 Å². The monoisotopic (exact) mass is 445 g/mol. The van der Waals surface area contributed by atoms with Crippen molar-refractivity contribution in [2.24, 2.45) is 0 Å². The Labute approximate surface area is 187 Å². The molecule has 1 aromatic heterocycles. The third-order valence-electron chi connectivity index (χ3n) is 6.24. The van der Waals surface area contributed by atoms with Crippen LogP contribution in [0.5, 0.6) is 0 Å². The first kappa shape index (κ1) is 19.6. The van der Waals surface area contributed by atoms with E-state index in [2.05, 4.69) is 15.6 Å². The van der Waals surface area contributed by atoms with Gasteiger partial charge in [0.25, 0.3) is 5.91 Å². The Morgan fingerprint density at radius 2 is 1.73 bits per heavy atom. The molecule has 33 heavy (non-hydrogen) atoms. The number of ether oxygens (including phenoxy) is 1. The smallest absolute Gasteiger partial charge is 0.260 e. The summed E-state index contributed by atoms with van der Waals surface area (Å²) < 4.78 is 33.3. The Kier molecular flexibility index (Phi) is 4.29. The molecule has 0 saturated carbocycles. The molecule has 164 valence electrons. The molecular formula is C25H17F2N3O3. The number of hydrogen-bond donors (Lipinski definition) is 2. The zero-order valence-corrected chi connectivity index (χ0v) is 17.2. The molecule has 0 fully saturated rings. The van der Waals surface area contributed by atoms with Crippen molar-refractivity contribution in [3.05, 3.63) is 88.2 Å². The van der Waals surface area contributed by atoms with Crippen LogP contribution in [0.1, 0.15) is 40.4 Å². The van der Waals surface area contributed by atoms with Gasteiger partial charge in [-0.3, -0.25) is 14.6 Å². The van der Waals surface area contributed by atoms with Gasteiger partial charge in [0, 0.05) is 28.2 Å². The summed E-state index contributed by atoms with van der Waals surface area (Å²) in [5, 5.41) is 5.52. The number of aromatic nitrogens is 1. The number of halogens is 2. The van der Waals surface area contributed by atoms with Crippen LogP contribution >= 0.6 is 0 Å². The Morgan fingerprint density at radius 3 is 2.58 bits per heavy atom. The van der Waals surface area contributed by atoms with E-state index in [1.54, 1.807) is 6.07 Å². The maximum Gasteiger partial charge on any atom is 0.260 e. The molecule has 8 heteroatoms. The molecule has 3 aliphatic heterocycles. The fraction of sp³-hybridized carbons (Fsp3) is 0.160. The largest absolute Gasteiger partial charge is 0.486 e. The molecule has 0 radical (unpaired) electrons. The van der Waals surface area contributed by atoms with E-state index < -0.39 is 11.7 Å². The number of amides is 2. The predicted molar refractivity (Wildman–Crippen MR) is 117 cm³/mol. The summed E-state index contributed by atoms with van der Waals surface area (Å²) in [5.74, 6) is -1.36. The number of benzene rings is 2. The number of fused-ring (bicyclic) bond motifs is 3. The van der Waals surface area contributed by atoms with E-state index in [0.29, 0.717) is 57.9 Å². The SMILES string of the molecule is O=C1Nc2ccc(F)cc2/C1=C1\OCc2nc(CCC3C(=O)Nc4ccc(F)cc43)ccc21. The van der Waals surface area contributed by atoms with Gasteiger partial charge in [-0.2, -0.15) is 0 Å². The van der Waals surface area contributed by atoms with Gasteiger partial charge in [0.15, 0.2) is 0 Å². The Hall–Kier alpha value is -4.07. The number of nitrogens with zero attached hydrogens (tertiary/aromatic N) is 1. The molecule has 4 heterocycles. The van der Waals surface area contributed by atoms with Crippen molar-refractivity contribution in [3.63, 3.8) is 0 Å². The second kappa shape index (κ2) is 7.23. The molecule has 0 bridgehead atoms. The van der Waals surface area contributed by atoms with Crippen LogP contribution in [0.25, 0.3) is 11.3 Å². The third kappa shape index (κ3) is 3.17. The van der Waals surface area contributed by atoms with E-state index in [4.69, 9.17) is 4.74 Å². The van der Waals surface area contributed by atoms with E-state index in [1.165, 1.54) is 30.3 Å². The first-order valence-electron chi connectivity index (χ1n) is 10.6. The number of carbonyl (C=O) groups excluding carboxylic acids is 2. The first-order chi connectivity index (χ1) is 16.0. The van der Waals surface area contributed by atoms with E-state index in [-0.39, 0.29) is 24.2 Å². The minimum atomic E-state index is -0.438. The molecule has 0 saturated heterocycles. The van der Waals surface area contributed by atoms with E-state index in [0.717, 1.165) is 5.69 Å². The predicted octanol–water partition coefficient (Wildman–Crippen LogP) is 4.38. The summed E-state index contributed by atoms with van der Waals surface area (Å²) in [6.07, 6.45) is 1.000. The van der Waals surface area contributed by atoms with Gasteiger partial charge in [0.2, 0.25) is 5.91 Å². The zero-order valence-electron chi connectivity index (χ0n) is 17.2. The van der Waals surface area contributed by atoms with Crippen LogP contribution in [0.4, 0.5) is 20.2 Å². The molecule has 0 spiro atoms. The summed E-state index contributed by atoms with van der Waals surface area (Å²) in [6.45, 7) is 0.192. The zero-order chi connectivity index (χ0) is 22.7. The lowest BCUT2D eigenvalue weighted by Gasteiger charge is -2.09. The first-order valence-corrected chi connectivity index (χ1v) is 10.6. The molecule has 6 nitrogen and oxygen atoms in total. The van der Waals surface area contributed by atoms with Gasteiger partial charge >= 0.3 is 0 Å². The second-order valence-corrected chi connectivity index (χ2v) is 8.25. The quantitative estimate of drug-likeness (QED) is 0.587. The Morgan fingerprint density at radius 1 is 0.939 bits per heavy atom. The number of hydrogen-bond acceptors (Lipinski definition) is 4. The van der Waals surface area contributed by atoms with Crippen LogP contribution in [0.2, 0.25) is 0 Å². The van der Waals surface area contributed by atoms with Crippen molar-refractivity contribution in [2.45, 2.75) is 25.4 Å². The third-order valence-corrected chi connectivity index (χ3v) is 6.24. The van der Waals surface area contributed by atoms with Crippen LogP contribution < -0.4 is 10.6 Å². The minimum Gasteiger partial charge on any atom is -0.486 e. The van der Waals surface area contributed by atoms with E-state index in [1.807, 2.05) is 12.1 Å². The highest BCUT2D eigenvalue weighted by Gasteiger charge is 2.34. The highest BCUT2D eigenvalue weighted by atomic mass is 19.1. The fourth-order valence-electron chi connectivity index (χ4n) is 4.67. The lowest BCUT2D eigenvalue weighted by atomic mass is 9.94. The molecule has 3 aromatic rings. The number of rotatable bonds is 3. The lowest BCUT2D eigenvalue weighted by Crippen LogP contribution is -2.13. The lowest BCUT2D eigenvalue weighted by molar-refractivity contribution is -0.117. The standard InChI is InChI=1S/C25H17F2N3O3/c26-12-1-7-19-17(9-12)15(24(31)29-19)5-3-14-4-6-16-21(28-14)11-33-23(16)22-18-10-13(27)2-8-20(18)30-25(22)32/h1-2,4,6-10,15H,3,5,11H2,(H,29,31)(H,30,32)/b23-22+. The van der Waals surface area contributed by atoms with Crippen molar-refractivity contribution in [2.75, 3.05) is 10.6 Å². The molecule has 1 atom stereocenters. The van der Waals surface area contributed by atoms with Crippen molar-refractivity contribution < 1.29 is 23.1 Å². The number of nitrogens with one attached hydrogen (secondary N) is 2. The average Bonchev–Trinajstić information content (AvgIpc) is 3.43. The van der Waals surface area contributed by atoms with Gasteiger partial charge in [-0.25, -0.2) is 8.78 Å². The van der Waals surface area contributed by atoms with Crippen molar-refractivity contribution >= 4 is 34.5 Å². The highest BCUT2D eigenvalue weighted by Crippen LogP contribution is 2.41. The van der Waals surface area contributed by atoms with Gasteiger partial charge in [-0.15, -0.1) is 0 Å². The van der Waals surface area contributed by atoms with Gasteiger partial charge in [0.1, 0.15) is 24.0 Å². The van der Waals surface area contributed by atoms with Gasteiger partial charge in [0.05, 0.1) is 17.2 Å². The summed E-state index contributed by atoms with van der Waals surface area (Å²) >= 11 is 0. The Bertz CT molecular complexity index is 1400. The van der Waals surface area contributed by atoms with Crippen LogP contribution in [0.15, 0.2) is 48.5 Å². The van der Waals surface area contributed by atoms with Crippen molar-refractivity contribution in [1.82, 2.24) is 4.98 Å². The summed E-state index contributed by atoms with van der Waals surface area (Å²) in [4.78, 5) is 29.6.